The van der Waals surface area contributed by atoms with Crippen LogP contribution in [0.5, 0.6) is 0 Å². The third kappa shape index (κ3) is 0.979. The average Bonchev–Trinajstić information content (AvgIpc) is 2.61. The van der Waals surface area contributed by atoms with Crippen molar-refractivity contribution in [1.82, 2.24) is 0 Å². The van der Waals surface area contributed by atoms with E-state index in [2.05, 4.69) is 0 Å². The molecule has 1 aromatic rings. The highest BCUT2D eigenvalue weighted by molar-refractivity contribution is 5.29. The number of aliphatic hydroxyl groups is 1. The van der Waals surface area contributed by atoms with Crippen molar-refractivity contribution >= 4 is 0 Å². The summed E-state index contributed by atoms with van der Waals surface area (Å²) in [6.07, 6.45) is 4.30. The normalized spacial score (nSPS) is 20.2. The van der Waals surface area contributed by atoms with Crippen molar-refractivity contribution < 1.29 is 9.52 Å². The second kappa shape index (κ2) is 2.11. The molecule has 11 heavy (non-hydrogen) atoms. The maximum absolute atomic E-state index is 9.74. The van der Waals surface area contributed by atoms with Crippen molar-refractivity contribution in [3.8, 4) is 0 Å². The topological polar surface area (TPSA) is 33.4 Å². The van der Waals surface area contributed by atoms with Crippen molar-refractivity contribution in [2.75, 3.05) is 0 Å². The van der Waals surface area contributed by atoms with Crippen LogP contribution in [0.15, 0.2) is 16.7 Å². The molecule has 0 amide bonds. The van der Waals surface area contributed by atoms with Crippen LogP contribution in [-0.2, 0) is 12.0 Å². The fraction of sp³-hybridized carbons (Fsp3) is 0.556. The van der Waals surface area contributed by atoms with Gasteiger partial charge in [-0.05, 0) is 18.9 Å². The minimum Gasteiger partial charge on any atom is -0.469 e. The molecule has 2 rings (SSSR count). The molecule has 0 radical (unpaired) electrons. The number of rotatable bonds is 2. The van der Waals surface area contributed by atoms with Gasteiger partial charge in [-0.25, -0.2) is 0 Å². The summed E-state index contributed by atoms with van der Waals surface area (Å²) >= 11 is 0. The average molecular weight is 152 g/mol. The van der Waals surface area contributed by atoms with Gasteiger partial charge in [-0.2, -0.15) is 0 Å². The zero-order chi connectivity index (χ0) is 7.90. The van der Waals surface area contributed by atoms with Crippen LogP contribution in [-0.4, -0.2) is 5.11 Å². The lowest BCUT2D eigenvalue weighted by Gasteiger charge is -2.05. The van der Waals surface area contributed by atoms with Gasteiger partial charge in [0.25, 0.3) is 0 Å². The fourth-order valence-electron chi connectivity index (χ4n) is 1.42. The smallest absolute Gasteiger partial charge is 0.109 e. The zero-order valence-corrected chi connectivity index (χ0v) is 6.63. The first-order valence-corrected chi connectivity index (χ1v) is 4.05. The van der Waals surface area contributed by atoms with E-state index >= 15 is 0 Å². The molecule has 0 bridgehead atoms. The summed E-state index contributed by atoms with van der Waals surface area (Å²) in [5.41, 5.74) is 0.471. The minimum atomic E-state index is -0.529. The van der Waals surface area contributed by atoms with E-state index in [1.54, 1.807) is 6.26 Å². The Labute approximate surface area is 65.8 Å². The summed E-state index contributed by atoms with van der Waals surface area (Å²) in [6, 6.07) is 1.88. The molecule has 1 aromatic heterocycles. The molecule has 2 heteroatoms. The maximum Gasteiger partial charge on any atom is 0.109 e. The Morgan fingerprint density at radius 1 is 1.64 bits per heavy atom. The van der Waals surface area contributed by atoms with Crippen LogP contribution in [0.2, 0.25) is 0 Å². The van der Waals surface area contributed by atoms with Crippen LogP contribution in [0, 0.1) is 0 Å². The van der Waals surface area contributed by atoms with E-state index in [0.717, 1.165) is 30.6 Å². The quantitative estimate of drug-likeness (QED) is 0.701. The summed E-state index contributed by atoms with van der Waals surface area (Å²) in [6.45, 7) is 2.04. The second-order valence-corrected chi connectivity index (χ2v) is 3.14. The van der Waals surface area contributed by atoms with E-state index in [1.165, 1.54) is 0 Å². The van der Waals surface area contributed by atoms with Crippen molar-refractivity contribution in [2.45, 2.75) is 31.8 Å². The zero-order valence-electron chi connectivity index (χ0n) is 6.63. The van der Waals surface area contributed by atoms with Crippen molar-refractivity contribution in [3.05, 3.63) is 23.7 Å². The first-order chi connectivity index (χ1) is 5.26. The summed E-state index contributed by atoms with van der Waals surface area (Å²) in [4.78, 5) is 0. The van der Waals surface area contributed by atoms with E-state index in [-0.39, 0.29) is 0 Å². The van der Waals surface area contributed by atoms with Gasteiger partial charge in [0.05, 0.1) is 11.9 Å². The molecule has 1 N–H and O–H groups in total. The highest BCUT2D eigenvalue weighted by Crippen LogP contribution is 2.46. The SMILES string of the molecule is CCc1occc1C1(O)CC1. The van der Waals surface area contributed by atoms with E-state index in [4.69, 9.17) is 4.42 Å². The molecule has 60 valence electrons. The Balaban J connectivity index is 2.36. The highest BCUT2D eigenvalue weighted by atomic mass is 16.3. The van der Waals surface area contributed by atoms with Crippen LogP contribution < -0.4 is 0 Å². The molecule has 1 aliphatic rings. The van der Waals surface area contributed by atoms with E-state index < -0.39 is 5.60 Å². The first-order valence-electron chi connectivity index (χ1n) is 4.05. The monoisotopic (exact) mass is 152 g/mol. The molecule has 0 unspecified atom stereocenters. The van der Waals surface area contributed by atoms with Gasteiger partial charge >= 0.3 is 0 Å². The summed E-state index contributed by atoms with van der Waals surface area (Å²) in [5.74, 6) is 0.935. The van der Waals surface area contributed by atoms with Gasteiger partial charge in [-0.1, -0.05) is 6.92 Å². The van der Waals surface area contributed by atoms with Gasteiger partial charge in [0.1, 0.15) is 5.76 Å². The molecule has 0 saturated heterocycles. The summed E-state index contributed by atoms with van der Waals surface area (Å²) < 4.78 is 5.22. The van der Waals surface area contributed by atoms with E-state index in [0.29, 0.717) is 0 Å². The second-order valence-electron chi connectivity index (χ2n) is 3.14. The van der Waals surface area contributed by atoms with Crippen LogP contribution >= 0.6 is 0 Å². The van der Waals surface area contributed by atoms with Gasteiger partial charge in [-0.15, -0.1) is 0 Å². The fourth-order valence-corrected chi connectivity index (χ4v) is 1.42. The molecule has 0 spiro atoms. The molecule has 0 aromatic carbocycles. The molecule has 0 atom stereocenters. The largest absolute Gasteiger partial charge is 0.469 e. The molecule has 0 aliphatic heterocycles. The lowest BCUT2D eigenvalue weighted by atomic mass is 10.1. The Morgan fingerprint density at radius 2 is 2.36 bits per heavy atom. The van der Waals surface area contributed by atoms with Crippen LogP contribution in [0.3, 0.4) is 0 Å². The predicted octanol–water partition coefficient (Wildman–Crippen LogP) is 1.82. The van der Waals surface area contributed by atoms with Crippen LogP contribution in [0.25, 0.3) is 0 Å². The predicted molar refractivity (Wildman–Crippen MR) is 41.2 cm³/mol. The van der Waals surface area contributed by atoms with Crippen LogP contribution in [0.1, 0.15) is 31.1 Å². The summed E-state index contributed by atoms with van der Waals surface area (Å²) in [7, 11) is 0. The maximum atomic E-state index is 9.74. The lowest BCUT2D eigenvalue weighted by molar-refractivity contribution is 0.149. The Bertz CT molecular complexity index is 258. The summed E-state index contributed by atoms with van der Waals surface area (Å²) in [5, 5.41) is 9.74. The van der Waals surface area contributed by atoms with Gasteiger partial charge in [0, 0.05) is 12.0 Å². The van der Waals surface area contributed by atoms with Gasteiger partial charge < -0.3 is 9.52 Å². The molecule has 1 heterocycles. The van der Waals surface area contributed by atoms with E-state index in [1.807, 2.05) is 13.0 Å². The van der Waals surface area contributed by atoms with Crippen molar-refractivity contribution in [3.63, 3.8) is 0 Å². The van der Waals surface area contributed by atoms with Crippen molar-refractivity contribution in [2.24, 2.45) is 0 Å². The molecule has 2 nitrogen and oxygen atoms in total. The lowest BCUT2D eigenvalue weighted by Crippen LogP contribution is -2.04. The Morgan fingerprint density at radius 3 is 2.91 bits per heavy atom. The van der Waals surface area contributed by atoms with E-state index in [9.17, 15) is 5.11 Å². The number of furan rings is 1. The minimum absolute atomic E-state index is 0.529. The Hall–Kier alpha value is -0.760. The van der Waals surface area contributed by atoms with Gasteiger partial charge in [-0.3, -0.25) is 0 Å². The molecule has 1 fully saturated rings. The number of hydrogen-bond donors (Lipinski definition) is 1. The first kappa shape index (κ1) is 6.92. The Kier molecular flexibility index (Phi) is 1.33. The number of hydrogen-bond acceptors (Lipinski definition) is 2. The molecule has 1 aliphatic carbocycles. The van der Waals surface area contributed by atoms with Crippen molar-refractivity contribution in [1.29, 1.82) is 0 Å². The standard InChI is InChI=1S/C9H12O2/c1-2-8-7(3-6-11-8)9(10)4-5-9/h3,6,10H,2,4-5H2,1H3. The van der Waals surface area contributed by atoms with Gasteiger partial charge in [0.15, 0.2) is 0 Å². The molecular formula is C9H12O2. The highest BCUT2D eigenvalue weighted by Gasteiger charge is 2.44. The molecule has 1 saturated carbocycles. The third-order valence-corrected chi connectivity index (χ3v) is 2.29. The number of aryl methyl sites for hydroxylation is 1. The molecular weight excluding hydrogens is 140 g/mol. The van der Waals surface area contributed by atoms with Gasteiger partial charge in [0.2, 0.25) is 0 Å². The van der Waals surface area contributed by atoms with Crippen LogP contribution in [0.4, 0.5) is 0 Å². The third-order valence-electron chi connectivity index (χ3n) is 2.29.